The van der Waals surface area contributed by atoms with E-state index in [1.807, 2.05) is 6.92 Å². The maximum atomic E-state index is 6.12. The largest absolute Gasteiger partial charge is 0.476 e. The third kappa shape index (κ3) is 3.08. The molecule has 0 radical (unpaired) electrons. The standard InChI is InChI=1S/C14H24N4O/c1-4-19-14-12(15)13(16-9-17-14)18(3)11-7-5-6-10(2)8-11/h9-11H,4-8,15H2,1-3H3. The molecule has 1 aromatic rings. The van der Waals surface area contributed by atoms with Crippen LogP contribution < -0.4 is 15.4 Å². The second-order valence-electron chi connectivity index (χ2n) is 5.39. The number of nitrogens with zero attached hydrogens (tertiary/aromatic N) is 3. The number of anilines is 2. The highest BCUT2D eigenvalue weighted by Gasteiger charge is 2.25. The Morgan fingerprint density at radius 1 is 1.42 bits per heavy atom. The van der Waals surface area contributed by atoms with Crippen LogP contribution in [0.2, 0.25) is 0 Å². The van der Waals surface area contributed by atoms with Crippen LogP contribution in [-0.2, 0) is 0 Å². The first-order chi connectivity index (χ1) is 9.13. The average molecular weight is 264 g/mol. The van der Waals surface area contributed by atoms with Gasteiger partial charge in [-0.05, 0) is 25.7 Å². The molecule has 1 aromatic heterocycles. The first-order valence-electron chi connectivity index (χ1n) is 7.09. The van der Waals surface area contributed by atoms with Gasteiger partial charge >= 0.3 is 0 Å². The summed E-state index contributed by atoms with van der Waals surface area (Å²) in [7, 11) is 2.07. The number of ether oxygens (including phenoxy) is 1. The van der Waals surface area contributed by atoms with Crippen LogP contribution in [0, 0.1) is 5.92 Å². The fraction of sp³-hybridized carbons (Fsp3) is 0.714. The number of hydrogen-bond acceptors (Lipinski definition) is 5. The fourth-order valence-corrected chi connectivity index (χ4v) is 2.83. The number of aromatic nitrogens is 2. The molecule has 0 spiro atoms. The summed E-state index contributed by atoms with van der Waals surface area (Å²) in [4.78, 5) is 10.6. The van der Waals surface area contributed by atoms with Crippen molar-refractivity contribution in [3.63, 3.8) is 0 Å². The van der Waals surface area contributed by atoms with E-state index >= 15 is 0 Å². The van der Waals surface area contributed by atoms with Gasteiger partial charge < -0.3 is 15.4 Å². The number of hydrogen-bond donors (Lipinski definition) is 1. The second kappa shape index (κ2) is 6.08. The first-order valence-corrected chi connectivity index (χ1v) is 7.09. The van der Waals surface area contributed by atoms with E-state index in [9.17, 15) is 0 Å². The number of rotatable bonds is 4. The van der Waals surface area contributed by atoms with Crippen LogP contribution >= 0.6 is 0 Å². The van der Waals surface area contributed by atoms with Gasteiger partial charge in [0.05, 0.1) is 6.61 Å². The molecule has 19 heavy (non-hydrogen) atoms. The highest BCUT2D eigenvalue weighted by atomic mass is 16.5. The van der Waals surface area contributed by atoms with E-state index in [0.717, 1.165) is 11.7 Å². The Morgan fingerprint density at radius 2 is 2.21 bits per heavy atom. The van der Waals surface area contributed by atoms with Gasteiger partial charge in [0.2, 0.25) is 5.88 Å². The molecule has 0 aliphatic heterocycles. The van der Waals surface area contributed by atoms with Gasteiger partial charge in [-0.3, -0.25) is 0 Å². The van der Waals surface area contributed by atoms with Gasteiger partial charge in [0, 0.05) is 13.1 Å². The quantitative estimate of drug-likeness (QED) is 0.905. The van der Waals surface area contributed by atoms with Crippen molar-refractivity contribution in [2.75, 3.05) is 24.3 Å². The van der Waals surface area contributed by atoms with E-state index in [1.165, 1.54) is 32.0 Å². The molecule has 0 amide bonds. The smallest absolute Gasteiger partial charge is 0.242 e. The molecule has 5 nitrogen and oxygen atoms in total. The van der Waals surface area contributed by atoms with Crippen LogP contribution in [0.15, 0.2) is 6.33 Å². The first kappa shape index (κ1) is 13.9. The van der Waals surface area contributed by atoms with Gasteiger partial charge in [0.15, 0.2) is 5.82 Å². The molecule has 1 saturated carbocycles. The Morgan fingerprint density at radius 3 is 2.89 bits per heavy atom. The predicted octanol–water partition coefficient (Wildman–Crippen LogP) is 2.47. The minimum atomic E-state index is 0.489. The lowest BCUT2D eigenvalue weighted by Crippen LogP contribution is -2.36. The minimum absolute atomic E-state index is 0.489. The van der Waals surface area contributed by atoms with Crippen molar-refractivity contribution in [1.82, 2.24) is 9.97 Å². The van der Waals surface area contributed by atoms with Crippen LogP contribution in [-0.4, -0.2) is 29.7 Å². The molecule has 1 aliphatic carbocycles. The summed E-state index contributed by atoms with van der Waals surface area (Å²) >= 11 is 0. The van der Waals surface area contributed by atoms with Gasteiger partial charge in [-0.1, -0.05) is 19.8 Å². The third-order valence-corrected chi connectivity index (χ3v) is 3.90. The van der Waals surface area contributed by atoms with Crippen LogP contribution in [0.3, 0.4) is 0 Å². The highest BCUT2D eigenvalue weighted by Crippen LogP contribution is 2.33. The Hall–Kier alpha value is -1.52. The molecule has 106 valence electrons. The molecule has 1 heterocycles. The lowest BCUT2D eigenvalue weighted by atomic mass is 9.86. The van der Waals surface area contributed by atoms with Gasteiger partial charge in [0.1, 0.15) is 12.0 Å². The summed E-state index contributed by atoms with van der Waals surface area (Å²) in [5.74, 6) is 2.05. The Bertz CT molecular complexity index is 424. The summed E-state index contributed by atoms with van der Waals surface area (Å²) < 4.78 is 5.43. The van der Waals surface area contributed by atoms with Gasteiger partial charge in [-0.15, -0.1) is 0 Å². The van der Waals surface area contributed by atoms with Crippen LogP contribution in [0.1, 0.15) is 39.5 Å². The number of nitrogen functional groups attached to an aromatic ring is 1. The van der Waals surface area contributed by atoms with Crippen molar-refractivity contribution in [3.05, 3.63) is 6.33 Å². The summed E-state index contributed by atoms with van der Waals surface area (Å²) in [5.41, 5.74) is 6.67. The Kier molecular flexibility index (Phi) is 4.45. The predicted molar refractivity (Wildman–Crippen MR) is 77.4 cm³/mol. The molecule has 1 fully saturated rings. The SMILES string of the molecule is CCOc1ncnc(N(C)C2CCCC(C)C2)c1N. The normalized spacial score (nSPS) is 23.1. The fourth-order valence-electron chi connectivity index (χ4n) is 2.83. The zero-order chi connectivity index (χ0) is 13.8. The molecular weight excluding hydrogens is 240 g/mol. The van der Waals surface area contributed by atoms with Gasteiger partial charge in [0.25, 0.3) is 0 Å². The summed E-state index contributed by atoms with van der Waals surface area (Å²) in [5, 5.41) is 0. The molecule has 0 bridgehead atoms. The van der Waals surface area contributed by atoms with Crippen molar-refractivity contribution in [3.8, 4) is 5.88 Å². The van der Waals surface area contributed by atoms with Gasteiger partial charge in [-0.2, -0.15) is 4.98 Å². The highest BCUT2D eigenvalue weighted by molar-refractivity contribution is 5.67. The molecule has 5 heteroatoms. The molecule has 0 aromatic carbocycles. The monoisotopic (exact) mass is 264 g/mol. The van der Waals surface area contributed by atoms with E-state index < -0.39 is 0 Å². The minimum Gasteiger partial charge on any atom is -0.476 e. The van der Waals surface area contributed by atoms with Crippen LogP contribution in [0.4, 0.5) is 11.5 Å². The zero-order valence-electron chi connectivity index (χ0n) is 12.1. The lowest BCUT2D eigenvalue weighted by Gasteiger charge is -2.35. The molecular formula is C14H24N4O. The second-order valence-corrected chi connectivity index (χ2v) is 5.39. The summed E-state index contributed by atoms with van der Waals surface area (Å²) in [6, 6.07) is 0.510. The van der Waals surface area contributed by atoms with Crippen LogP contribution in [0.5, 0.6) is 5.88 Å². The van der Waals surface area contributed by atoms with Crippen LogP contribution in [0.25, 0.3) is 0 Å². The van der Waals surface area contributed by atoms with Crippen molar-refractivity contribution in [1.29, 1.82) is 0 Å². The maximum Gasteiger partial charge on any atom is 0.242 e. The van der Waals surface area contributed by atoms with E-state index in [1.54, 1.807) is 0 Å². The van der Waals surface area contributed by atoms with Gasteiger partial charge in [-0.25, -0.2) is 4.98 Å². The van der Waals surface area contributed by atoms with E-state index in [0.29, 0.717) is 24.2 Å². The Labute approximate surface area is 115 Å². The molecule has 2 atom stereocenters. The van der Waals surface area contributed by atoms with Crippen molar-refractivity contribution < 1.29 is 4.74 Å². The topological polar surface area (TPSA) is 64.3 Å². The molecule has 0 saturated heterocycles. The number of nitrogens with two attached hydrogens (primary N) is 1. The third-order valence-electron chi connectivity index (χ3n) is 3.90. The van der Waals surface area contributed by atoms with Crippen molar-refractivity contribution >= 4 is 11.5 Å². The summed E-state index contributed by atoms with van der Waals surface area (Å²) in [6.45, 7) is 4.80. The molecule has 2 unspecified atom stereocenters. The molecule has 2 rings (SSSR count). The molecule has 2 N–H and O–H groups in total. The van der Waals surface area contributed by atoms with E-state index in [-0.39, 0.29) is 0 Å². The zero-order valence-corrected chi connectivity index (χ0v) is 12.1. The van der Waals surface area contributed by atoms with Crippen molar-refractivity contribution in [2.24, 2.45) is 5.92 Å². The lowest BCUT2D eigenvalue weighted by molar-refractivity contribution is 0.325. The van der Waals surface area contributed by atoms with E-state index in [4.69, 9.17) is 10.5 Å². The van der Waals surface area contributed by atoms with Crippen molar-refractivity contribution in [2.45, 2.75) is 45.6 Å². The van der Waals surface area contributed by atoms with E-state index in [2.05, 4.69) is 28.8 Å². The molecule has 1 aliphatic rings. The summed E-state index contributed by atoms with van der Waals surface area (Å²) in [6.07, 6.45) is 6.53. The maximum absolute atomic E-state index is 6.12. The average Bonchev–Trinajstić information content (AvgIpc) is 2.41. The Balaban J connectivity index is 2.18.